The van der Waals surface area contributed by atoms with Crippen LogP contribution in [-0.4, -0.2) is 28.7 Å². The molecule has 0 aliphatic heterocycles. The summed E-state index contributed by atoms with van der Waals surface area (Å²) in [7, 11) is 0. The van der Waals surface area contributed by atoms with Gasteiger partial charge in [-0.05, 0) is 54.2 Å². The highest BCUT2D eigenvalue weighted by Gasteiger charge is 2.33. The molecule has 6 nitrogen and oxygen atoms in total. The van der Waals surface area contributed by atoms with E-state index in [1.54, 1.807) is 0 Å². The number of hydrogen-bond donors (Lipinski definition) is 1. The van der Waals surface area contributed by atoms with E-state index in [0.29, 0.717) is 18.1 Å². The fourth-order valence-electron chi connectivity index (χ4n) is 3.19. The van der Waals surface area contributed by atoms with Gasteiger partial charge in [0.05, 0.1) is 19.6 Å². The molecule has 0 spiro atoms. The van der Waals surface area contributed by atoms with Crippen LogP contribution < -0.4 is 14.8 Å². The monoisotopic (exact) mass is 481 g/mol. The quantitative estimate of drug-likeness (QED) is 0.433. The molecule has 0 atom stereocenters. The Kier molecular flexibility index (Phi) is 6.71. The van der Waals surface area contributed by atoms with Gasteiger partial charge in [0.2, 0.25) is 5.91 Å². The zero-order valence-electron chi connectivity index (χ0n) is 17.7. The summed E-state index contributed by atoms with van der Waals surface area (Å²) in [6.07, 6.45) is -1.64. The third-order valence-corrected chi connectivity index (χ3v) is 5.01. The van der Waals surface area contributed by atoms with Gasteiger partial charge in [0.25, 0.3) is 0 Å². The molecule has 4 rings (SSSR count). The van der Waals surface area contributed by atoms with E-state index in [4.69, 9.17) is 4.74 Å². The van der Waals surface area contributed by atoms with Crippen molar-refractivity contribution in [3.8, 4) is 11.5 Å². The van der Waals surface area contributed by atoms with Crippen LogP contribution in [0.15, 0.2) is 48.7 Å². The highest BCUT2D eigenvalue weighted by Crippen LogP contribution is 2.36. The molecule has 2 aromatic carbocycles. The molecule has 1 aromatic heterocycles. The highest BCUT2D eigenvalue weighted by molar-refractivity contribution is 5.91. The van der Waals surface area contributed by atoms with Crippen LogP contribution in [0.4, 0.5) is 27.8 Å². The number of anilines is 1. The lowest BCUT2D eigenvalue weighted by Gasteiger charge is -2.15. The standard InChI is InChI=1S/C23H20F5N3O3/c24-17-5-3-16(9-18(17)25)12-31-8-7-21(30-31)29-22(32)11-15-4-6-19(33-13-14-1-2-14)20(10-15)34-23(26,27)28/h3-10,14H,1-2,11-13H2,(H,29,30,32). The number of amides is 1. The Hall–Kier alpha value is -3.63. The number of ether oxygens (including phenoxy) is 2. The largest absolute Gasteiger partial charge is 0.573 e. The molecule has 34 heavy (non-hydrogen) atoms. The number of benzene rings is 2. The third kappa shape index (κ3) is 6.69. The number of carbonyl (C=O) groups is 1. The maximum Gasteiger partial charge on any atom is 0.573 e. The van der Waals surface area contributed by atoms with Gasteiger partial charge in [0.15, 0.2) is 29.0 Å². The van der Waals surface area contributed by atoms with E-state index >= 15 is 0 Å². The SMILES string of the molecule is O=C(Cc1ccc(OCC2CC2)c(OC(F)(F)F)c1)Nc1ccn(Cc2ccc(F)c(F)c2)n1. The lowest BCUT2D eigenvalue weighted by molar-refractivity contribution is -0.275. The molecule has 1 N–H and O–H groups in total. The van der Waals surface area contributed by atoms with Crippen molar-refractivity contribution in [2.45, 2.75) is 32.2 Å². The first kappa shape index (κ1) is 23.5. The Morgan fingerprint density at radius 3 is 2.50 bits per heavy atom. The topological polar surface area (TPSA) is 65.4 Å². The molecule has 11 heteroatoms. The molecule has 0 radical (unpaired) electrons. The van der Waals surface area contributed by atoms with Crippen molar-refractivity contribution in [1.82, 2.24) is 9.78 Å². The minimum absolute atomic E-state index is 0.0376. The van der Waals surface area contributed by atoms with Crippen LogP contribution in [0.1, 0.15) is 24.0 Å². The minimum Gasteiger partial charge on any atom is -0.489 e. The van der Waals surface area contributed by atoms with Crippen molar-refractivity contribution in [2.75, 3.05) is 11.9 Å². The number of nitrogens with one attached hydrogen (secondary N) is 1. The molecule has 3 aromatic rings. The predicted octanol–water partition coefficient (Wildman–Crippen LogP) is 5.08. The first-order valence-corrected chi connectivity index (χ1v) is 10.4. The van der Waals surface area contributed by atoms with E-state index in [2.05, 4.69) is 15.2 Å². The second-order valence-corrected chi connectivity index (χ2v) is 7.96. The smallest absolute Gasteiger partial charge is 0.489 e. The van der Waals surface area contributed by atoms with Gasteiger partial charge in [0.1, 0.15) is 0 Å². The molecule has 1 fully saturated rings. The fraction of sp³-hybridized carbons (Fsp3) is 0.304. The van der Waals surface area contributed by atoms with Gasteiger partial charge in [0, 0.05) is 12.3 Å². The lowest BCUT2D eigenvalue weighted by atomic mass is 10.1. The number of hydrogen-bond acceptors (Lipinski definition) is 4. The average molecular weight is 481 g/mol. The van der Waals surface area contributed by atoms with Crippen LogP contribution in [0.2, 0.25) is 0 Å². The van der Waals surface area contributed by atoms with Crippen LogP contribution in [0.5, 0.6) is 11.5 Å². The number of halogens is 5. The van der Waals surface area contributed by atoms with Crippen LogP contribution in [0, 0.1) is 17.6 Å². The van der Waals surface area contributed by atoms with E-state index in [-0.39, 0.29) is 30.1 Å². The first-order chi connectivity index (χ1) is 16.1. The van der Waals surface area contributed by atoms with Crippen molar-refractivity contribution < 1.29 is 36.2 Å². The van der Waals surface area contributed by atoms with E-state index in [9.17, 15) is 26.7 Å². The van der Waals surface area contributed by atoms with E-state index in [0.717, 1.165) is 31.0 Å². The predicted molar refractivity (Wildman–Crippen MR) is 111 cm³/mol. The molecule has 1 aliphatic rings. The molecule has 1 saturated carbocycles. The molecule has 1 amide bonds. The summed E-state index contributed by atoms with van der Waals surface area (Å²) < 4.78 is 75.8. The van der Waals surface area contributed by atoms with E-state index in [1.165, 1.54) is 35.1 Å². The van der Waals surface area contributed by atoms with Gasteiger partial charge in [-0.1, -0.05) is 12.1 Å². The van der Waals surface area contributed by atoms with E-state index < -0.39 is 29.7 Å². The maximum absolute atomic E-state index is 13.4. The molecule has 0 unspecified atom stereocenters. The van der Waals surface area contributed by atoms with Crippen LogP contribution in [0.25, 0.3) is 0 Å². The van der Waals surface area contributed by atoms with Gasteiger partial charge in [-0.25, -0.2) is 8.78 Å². The number of nitrogens with zero attached hydrogens (tertiary/aromatic N) is 2. The summed E-state index contributed by atoms with van der Waals surface area (Å²) in [5.41, 5.74) is 0.762. The third-order valence-electron chi connectivity index (χ3n) is 5.01. The second-order valence-electron chi connectivity index (χ2n) is 7.96. The van der Waals surface area contributed by atoms with Crippen LogP contribution >= 0.6 is 0 Å². The van der Waals surface area contributed by atoms with Crippen molar-refractivity contribution >= 4 is 11.7 Å². The summed E-state index contributed by atoms with van der Waals surface area (Å²) in [6, 6.07) is 8.94. The Labute approximate surface area is 191 Å². The number of aromatic nitrogens is 2. The number of alkyl halides is 3. The Balaban J connectivity index is 1.38. The zero-order valence-corrected chi connectivity index (χ0v) is 17.7. The summed E-state index contributed by atoms with van der Waals surface area (Å²) in [4.78, 5) is 12.4. The van der Waals surface area contributed by atoms with Gasteiger partial charge in [-0.15, -0.1) is 13.2 Å². The maximum atomic E-state index is 13.4. The minimum atomic E-state index is -4.90. The van der Waals surface area contributed by atoms with Crippen LogP contribution in [-0.2, 0) is 17.8 Å². The Bertz CT molecular complexity index is 1170. The Morgan fingerprint density at radius 1 is 1.03 bits per heavy atom. The Morgan fingerprint density at radius 2 is 1.79 bits per heavy atom. The lowest BCUT2D eigenvalue weighted by Crippen LogP contribution is -2.19. The van der Waals surface area contributed by atoms with Crippen molar-refractivity contribution in [3.05, 3.63) is 71.4 Å². The normalized spacial score (nSPS) is 13.6. The van der Waals surface area contributed by atoms with E-state index in [1.807, 2.05) is 0 Å². The van der Waals surface area contributed by atoms with Gasteiger partial charge >= 0.3 is 6.36 Å². The van der Waals surface area contributed by atoms with Crippen LogP contribution in [0.3, 0.4) is 0 Å². The number of rotatable bonds is 9. The summed E-state index contributed by atoms with van der Waals surface area (Å²) in [5.74, 6) is -2.45. The average Bonchev–Trinajstić information content (AvgIpc) is 3.48. The summed E-state index contributed by atoms with van der Waals surface area (Å²) in [6.45, 7) is 0.453. The first-order valence-electron chi connectivity index (χ1n) is 10.4. The number of carbonyl (C=O) groups excluding carboxylic acids is 1. The summed E-state index contributed by atoms with van der Waals surface area (Å²) >= 11 is 0. The van der Waals surface area contributed by atoms with Gasteiger partial charge in [-0.2, -0.15) is 5.10 Å². The second kappa shape index (κ2) is 9.70. The zero-order chi connectivity index (χ0) is 24.3. The van der Waals surface area contributed by atoms with Crippen molar-refractivity contribution in [1.29, 1.82) is 0 Å². The van der Waals surface area contributed by atoms with Crippen molar-refractivity contribution in [2.24, 2.45) is 5.92 Å². The molecule has 0 bridgehead atoms. The molecule has 1 heterocycles. The molecular weight excluding hydrogens is 461 g/mol. The molecule has 1 aliphatic carbocycles. The van der Waals surface area contributed by atoms with Gasteiger partial charge < -0.3 is 14.8 Å². The highest BCUT2D eigenvalue weighted by atomic mass is 19.4. The van der Waals surface area contributed by atoms with Gasteiger partial charge in [-0.3, -0.25) is 9.48 Å². The fourth-order valence-corrected chi connectivity index (χ4v) is 3.19. The summed E-state index contributed by atoms with van der Waals surface area (Å²) in [5, 5.41) is 6.69. The molecule has 0 saturated heterocycles. The van der Waals surface area contributed by atoms with Crippen molar-refractivity contribution in [3.63, 3.8) is 0 Å². The molecular formula is C23H20F5N3O3. The molecule has 180 valence electrons.